The summed E-state index contributed by atoms with van der Waals surface area (Å²) in [6.45, 7) is 4.05. The second kappa shape index (κ2) is 4.97. The van der Waals surface area contributed by atoms with Crippen molar-refractivity contribution in [1.82, 2.24) is 9.88 Å². The summed E-state index contributed by atoms with van der Waals surface area (Å²) in [7, 11) is 0. The molecule has 2 heterocycles. The van der Waals surface area contributed by atoms with E-state index in [4.69, 9.17) is 4.42 Å². The van der Waals surface area contributed by atoms with Crippen molar-refractivity contribution >= 4 is 11.1 Å². The second-order valence-corrected chi connectivity index (χ2v) is 7.00. The molecule has 3 nitrogen and oxygen atoms in total. The first-order valence-corrected chi connectivity index (χ1v) is 8.04. The predicted molar refractivity (Wildman–Crippen MR) is 79.9 cm³/mol. The fraction of sp³-hybridized carbons (Fsp3) is 0.588. The smallest absolute Gasteiger partial charge is 0.420 e. The first-order valence-electron chi connectivity index (χ1n) is 8.04. The van der Waals surface area contributed by atoms with Gasteiger partial charge in [0.2, 0.25) is 0 Å². The number of oxazole rings is 1. The van der Waals surface area contributed by atoms with Crippen LogP contribution in [0.4, 0.5) is 13.2 Å². The summed E-state index contributed by atoms with van der Waals surface area (Å²) in [4.78, 5) is 6.34. The number of piperidine rings is 1. The molecule has 1 spiro atoms. The number of alkyl halides is 3. The highest BCUT2D eigenvalue weighted by Crippen LogP contribution is 2.53. The van der Waals surface area contributed by atoms with Gasteiger partial charge in [-0.1, -0.05) is 0 Å². The number of halogens is 3. The standard InChI is InChI=1S/C17H19F3N2O/c1-11-21-14-9-12(8-13(15(14)23-11)17(18,19)20)10-22-6-4-16(2-3-16)5-7-22/h8-9H,2-7,10H2,1H3. The largest absolute Gasteiger partial charge is 0.440 e. The second-order valence-electron chi connectivity index (χ2n) is 7.00. The average molecular weight is 324 g/mol. The predicted octanol–water partition coefficient (Wildman–Crippen LogP) is 4.53. The molecule has 1 aliphatic carbocycles. The van der Waals surface area contributed by atoms with Crippen molar-refractivity contribution in [3.63, 3.8) is 0 Å². The lowest BCUT2D eigenvalue weighted by atomic mass is 9.93. The van der Waals surface area contributed by atoms with Crippen LogP contribution in [-0.4, -0.2) is 23.0 Å². The van der Waals surface area contributed by atoms with Crippen LogP contribution in [0, 0.1) is 12.3 Å². The molecule has 0 unspecified atom stereocenters. The van der Waals surface area contributed by atoms with Crippen molar-refractivity contribution < 1.29 is 17.6 Å². The van der Waals surface area contributed by atoms with Crippen molar-refractivity contribution in [3.05, 3.63) is 29.2 Å². The number of hydrogen-bond acceptors (Lipinski definition) is 3. The molecule has 0 N–H and O–H groups in total. The van der Waals surface area contributed by atoms with E-state index in [1.54, 1.807) is 13.0 Å². The van der Waals surface area contributed by atoms with Crippen molar-refractivity contribution in [2.45, 2.75) is 45.3 Å². The van der Waals surface area contributed by atoms with Gasteiger partial charge in [-0.05, 0) is 61.9 Å². The van der Waals surface area contributed by atoms with E-state index in [-0.39, 0.29) is 11.5 Å². The van der Waals surface area contributed by atoms with Gasteiger partial charge in [-0.15, -0.1) is 0 Å². The van der Waals surface area contributed by atoms with E-state index in [0.717, 1.165) is 13.1 Å². The van der Waals surface area contributed by atoms with Gasteiger partial charge in [0, 0.05) is 13.5 Å². The highest BCUT2D eigenvalue weighted by atomic mass is 19.4. The maximum Gasteiger partial charge on any atom is 0.420 e. The van der Waals surface area contributed by atoms with Crippen molar-refractivity contribution in [1.29, 1.82) is 0 Å². The Morgan fingerprint density at radius 2 is 1.87 bits per heavy atom. The van der Waals surface area contributed by atoms with E-state index >= 15 is 0 Å². The van der Waals surface area contributed by atoms with E-state index in [2.05, 4.69) is 9.88 Å². The molecule has 1 saturated heterocycles. The van der Waals surface area contributed by atoms with E-state index in [1.807, 2.05) is 0 Å². The van der Waals surface area contributed by atoms with Crippen LogP contribution in [0.25, 0.3) is 11.1 Å². The van der Waals surface area contributed by atoms with E-state index in [9.17, 15) is 13.2 Å². The highest BCUT2D eigenvalue weighted by molar-refractivity contribution is 5.78. The van der Waals surface area contributed by atoms with Gasteiger partial charge >= 0.3 is 6.18 Å². The van der Waals surface area contributed by atoms with Crippen LogP contribution in [0.15, 0.2) is 16.5 Å². The zero-order valence-electron chi connectivity index (χ0n) is 13.0. The zero-order chi connectivity index (χ0) is 16.2. The molecule has 4 rings (SSSR count). The molecule has 0 radical (unpaired) electrons. The number of aromatic nitrogens is 1. The van der Waals surface area contributed by atoms with Gasteiger partial charge < -0.3 is 4.42 Å². The minimum atomic E-state index is -4.43. The monoisotopic (exact) mass is 324 g/mol. The lowest BCUT2D eigenvalue weighted by molar-refractivity contribution is -0.136. The minimum absolute atomic E-state index is 0.158. The normalized spacial score (nSPS) is 21.2. The summed E-state index contributed by atoms with van der Waals surface area (Å²) in [5.41, 5.74) is 0.643. The van der Waals surface area contributed by atoms with E-state index in [1.165, 1.54) is 31.7 Å². The van der Waals surface area contributed by atoms with Crippen molar-refractivity contribution in [2.24, 2.45) is 5.41 Å². The molecule has 6 heteroatoms. The highest BCUT2D eigenvalue weighted by Gasteiger charge is 2.44. The summed E-state index contributed by atoms with van der Waals surface area (Å²) >= 11 is 0. The van der Waals surface area contributed by atoms with Crippen LogP contribution in [0.5, 0.6) is 0 Å². The van der Waals surface area contributed by atoms with Gasteiger partial charge in [-0.25, -0.2) is 4.98 Å². The number of aryl methyl sites for hydroxylation is 1. The molecule has 2 aromatic rings. The Morgan fingerprint density at radius 3 is 2.48 bits per heavy atom. The van der Waals surface area contributed by atoms with Crippen LogP contribution in [0.2, 0.25) is 0 Å². The summed E-state index contributed by atoms with van der Waals surface area (Å²) in [5, 5.41) is 0. The van der Waals surface area contributed by atoms with Gasteiger partial charge in [0.25, 0.3) is 0 Å². The number of benzene rings is 1. The van der Waals surface area contributed by atoms with Crippen molar-refractivity contribution in [2.75, 3.05) is 13.1 Å². The molecule has 124 valence electrons. The molecule has 0 atom stereocenters. The van der Waals surface area contributed by atoms with Crippen LogP contribution in [0.3, 0.4) is 0 Å². The van der Waals surface area contributed by atoms with Gasteiger partial charge in [-0.2, -0.15) is 13.2 Å². The number of hydrogen-bond donors (Lipinski definition) is 0. The first-order chi connectivity index (χ1) is 10.8. The van der Waals surface area contributed by atoms with Crippen LogP contribution in [-0.2, 0) is 12.7 Å². The fourth-order valence-corrected chi connectivity index (χ4v) is 3.62. The molecule has 2 aliphatic rings. The third kappa shape index (κ3) is 2.84. The number of likely N-dealkylation sites (tertiary alicyclic amines) is 1. The molecule has 1 aromatic carbocycles. The Hall–Kier alpha value is -1.56. The first kappa shape index (κ1) is 15.0. The Labute approximate surface area is 132 Å². The van der Waals surface area contributed by atoms with Gasteiger partial charge in [0.1, 0.15) is 11.1 Å². The van der Waals surface area contributed by atoms with Gasteiger partial charge in [0.15, 0.2) is 11.5 Å². The third-order valence-corrected chi connectivity index (χ3v) is 5.24. The molecule has 1 aromatic heterocycles. The van der Waals surface area contributed by atoms with E-state index < -0.39 is 11.7 Å². The molecular weight excluding hydrogens is 305 g/mol. The van der Waals surface area contributed by atoms with Gasteiger partial charge in [-0.3, -0.25) is 4.90 Å². The number of nitrogens with zero attached hydrogens (tertiary/aromatic N) is 2. The molecular formula is C17H19F3N2O. The molecule has 1 aliphatic heterocycles. The molecule has 2 fully saturated rings. The van der Waals surface area contributed by atoms with Crippen molar-refractivity contribution in [3.8, 4) is 0 Å². The average Bonchev–Trinajstić information content (AvgIpc) is 3.12. The Balaban J connectivity index is 1.62. The Morgan fingerprint density at radius 1 is 1.17 bits per heavy atom. The van der Waals surface area contributed by atoms with Gasteiger partial charge in [0.05, 0.1) is 0 Å². The SMILES string of the molecule is Cc1nc2cc(CN3CCC4(CC3)CC4)cc(C(F)(F)F)c2o1. The van der Waals surface area contributed by atoms with Crippen LogP contribution >= 0.6 is 0 Å². The maximum atomic E-state index is 13.3. The summed E-state index contributed by atoms with van der Waals surface area (Å²) in [6.07, 6.45) is 0.557. The Bertz CT molecular complexity index is 736. The molecule has 1 saturated carbocycles. The quantitative estimate of drug-likeness (QED) is 0.813. The summed E-state index contributed by atoms with van der Waals surface area (Å²) in [6, 6.07) is 2.94. The molecule has 0 bridgehead atoms. The molecule has 23 heavy (non-hydrogen) atoms. The minimum Gasteiger partial charge on any atom is -0.440 e. The number of rotatable bonds is 2. The van der Waals surface area contributed by atoms with Crippen LogP contribution in [0.1, 0.15) is 42.7 Å². The maximum absolute atomic E-state index is 13.3. The number of fused-ring (bicyclic) bond motifs is 1. The topological polar surface area (TPSA) is 29.3 Å². The fourth-order valence-electron chi connectivity index (χ4n) is 3.62. The lowest BCUT2D eigenvalue weighted by Crippen LogP contribution is -2.34. The Kier molecular flexibility index (Phi) is 3.24. The zero-order valence-corrected chi connectivity index (χ0v) is 13.0. The molecule has 0 amide bonds. The van der Waals surface area contributed by atoms with Crippen LogP contribution < -0.4 is 0 Å². The lowest BCUT2D eigenvalue weighted by Gasteiger charge is -2.32. The van der Waals surface area contributed by atoms with E-state index in [0.29, 0.717) is 23.0 Å². The summed E-state index contributed by atoms with van der Waals surface area (Å²) < 4.78 is 45.0. The third-order valence-electron chi connectivity index (χ3n) is 5.24. The summed E-state index contributed by atoms with van der Waals surface area (Å²) in [5.74, 6) is 0.260.